The Kier molecular flexibility index (Phi) is 6.13. The molecule has 1 aliphatic rings. The minimum absolute atomic E-state index is 0.372. The first-order valence-electron chi connectivity index (χ1n) is 9.22. The van der Waals surface area contributed by atoms with Gasteiger partial charge in [0.1, 0.15) is 11.0 Å². The Bertz CT molecular complexity index is 1030. The lowest BCUT2D eigenvalue weighted by molar-refractivity contribution is 0.720. The highest BCUT2D eigenvalue weighted by atomic mass is 35.5. The van der Waals surface area contributed by atoms with Crippen LogP contribution in [-0.2, 0) is 19.5 Å². The molecule has 2 aromatic carbocycles. The monoisotopic (exact) mass is 443 g/mol. The second kappa shape index (κ2) is 8.95. The third-order valence-corrected chi connectivity index (χ3v) is 5.42. The maximum atomic E-state index is 6.25. The average Bonchev–Trinajstić information content (AvgIpc) is 2.72. The molecule has 2 N–H and O–H groups in total. The molecule has 0 bridgehead atoms. The first kappa shape index (κ1) is 19.9. The topological polar surface area (TPSA) is 53.1 Å². The number of fused-ring (bicyclic) bond motifs is 1. The largest absolute Gasteiger partial charge is 0.358 e. The smallest absolute Gasteiger partial charge is 0.232 e. The first-order valence-corrected chi connectivity index (χ1v) is 10.4. The van der Waals surface area contributed by atoms with Gasteiger partial charge in [0.25, 0.3) is 0 Å². The molecule has 2 heterocycles. The van der Waals surface area contributed by atoms with Gasteiger partial charge in [0.2, 0.25) is 5.95 Å². The Labute approximate surface area is 185 Å². The van der Waals surface area contributed by atoms with Crippen LogP contribution < -0.4 is 15.5 Å². The molecule has 0 radical (unpaired) electrons. The van der Waals surface area contributed by atoms with Crippen molar-refractivity contribution in [2.75, 3.05) is 16.8 Å². The number of thiocarbonyl (C=S) groups is 1. The third-order valence-electron chi connectivity index (χ3n) is 4.73. The van der Waals surface area contributed by atoms with Crippen molar-refractivity contribution >= 4 is 52.3 Å². The molecule has 1 aromatic heterocycles. The van der Waals surface area contributed by atoms with Crippen LogP contribution >= 0.6 is 35.4 Å². The van der Waals surface area contributed by atoms with E-state index in [2.05, 4.69) is 49.8 Å². The van der Waals surface area contributed by atoms with Crippen molar-refractivity contribution < 1.29 is 0 Å². The van der Waals surface area contributed by atoms with Gasteiger partial charge in [-0.05, 0) is 47.5 Å². The van der Waals surface area contributed by atoms with E-state index in [0.717, 1.165) is 30.9 Å². The first-order chi connectivity index (χ1) is 14.1. The Morgan fingerprint density at radius 2 is 1.79 bits per heavy atom. The molecule has 0 atom stereocenters. The summed E-state index contributed by atoms with van der Waals surface area (Å²) in [7, 11) is 0. The van der Waals surface area contributed by atoms with Crippen molar-refractivity contribution in [3.63, 3.8) is 0 Å². The van der Waals surface area contributed by atoms with Gasteiger partial charge in [0, 0.05) is 30.7 Å². The van der Waals surface area contributed by atoms with Crippen LogP contribution in [0.1, 0.15) is 16.7 Å². The molecule has 8 heteroatoms. The van der Waals surface area contributed by atoms with Gasteiger partial charge in [-0.2, -0.15) is 4.98 Å². The van der Waals surface area contributed by atoms with E-state index in [1.165, 1.54) is 11.1 Å². The Morgan fingerprint density at radius 3 is 2.59 bits per heavy atom. The SMILES string of the molecule is S=C(NCc1ccc(Cl)cc1)Nc1nc(Cl)cc(N2CCc3ccccc3C2)n1. The van der Waals surface area contributed by atoms with Gasteiger partial charge in [0.15, 0.2) is 5.11 Å². The number of anilines is 2. The maximum Gasteiger partial charge on any atom is 0.232 e. The standard InChI is InChI=1S/C21H19Cl2N5S/c22-17-7-5-14(6-8-17)12-24-21(29)27-20-25-18(23)11-19(26-20)28-10-9-15-3-1-2-4-16(15)13-28/h1-8,11H,9-10,12-13H2,(H2,24,25,26,27,29). The summed E-state index contributed by atoms with van der Waals surface area (Å²) in [6, 6.07) is 17.8. The van der Waals surface area contributed by atoms with Gasteiger partial charge >= 0.3 is 0 Å². The Balaban J connectivity index is 1.42. The van der Waals surface area contributed by atoms with Gasteiger partial charge in [-0.15, -0.1) is 0 Å². The van der Waals surface area contributed by atoms with E-state index in [1.807, 2.05) is 24.3 Å². The summed E-state index contributed by atoms with van der Waals surface area (Å²) in [5.41, 5.74) is 3.76. The minimum atomic E-state index is 0.372. The van der Waals surface area contributed by atoms with E-state index in [1.54, 1.807) is 6.07 Å². The number of halogens is 2. The number of nitrogens with zero attached hydrogens (tertiary/aromatic N) is 3. The second-order valence-electron chi connectivity index (χ2n) is 6.75. The van der Waals surface area contributed by atoms with Crippen molar-refractivity contribution in [2.24, 2.45) is 0 Å². The number of nitrogens with one attached hydrogen (secondary N) is 2. The predicted molar refractivity (Wildman–Crippen MR) is 123 cm³/mol. The number of rotatable bonds is 4. The highest BCUT2D eigenvalue weighted by Gasteiger charge is 2.18. The second-order valence-corrected chi connectivity index (χ2v) is 7.98. The van der Waals surface area contributed by atoms with Crippen LogP contribution in [0.3, 0.4) is 0 Å². The van der Waals surface area contributed by atoms with Crippen LogP contribution in [0.5, 0.6) is 0 Å². The summed E-state index contributed by atoms with van der Waals surface area (Å²) >= 11 is 17.5. The zero-order valence-corrected chi connectivity index (χ0v) is 17.9. The van der Waals surface area contributed by atoms with Gasteiger partial charge in [-0.25, -0.2) is 4.98 Å². The summed E-state index contributed by atoms with van der Waals surface area (Å²) in [4.78, 5) is 11.1. The zero-order valence-electron chi connectivity index (χ0n) is 15.5. The van der Waals surface area contributed by atoms with Crippen LogP contribution in [0.4, 0.5) is 11.8 Å². The van der Waals surface area contributed by atoms with Crippen LogP contribution in [0.2, 0.25) is 10.2 Å². The fourth-order valence-corrected chi connectivity index (χ4v) is 3.71. The molecule has 1 aliphatic heterocycles. The van der Waals surface area contributed by atoms with Crippen molar-refractivity contribution in [2.45, 2.75) is 19.5 Å². The molecule has 0 aliphatic carbocycles. The van der Waals surface area contributed by atoms with Crippen molar-refractivity contribution in [3.8, 4) is 0 Å². The number of benzene rings is 2. The molecular weight excluding hydrogens is 425 g/mol. The van der Waals surface area contributed by atoms with E-state index in [9.17, 15) is 0 Å². The average molecular weight is 444 g/mol. The summed E-state index contributed by atoms with van der Waals surface area (Å²) in [5.74, 6) is 1.16. The predicted octanol–water partition coefficient (Wildman–Crippen LogP) is 4.83. The normalized spacial score (nSPS) is 13.0. The quantitative estimate of drug-likeness (QED) is 0.444. The van der Waals surface area contributed by atoms with E-state index in [-0.39, 0.29) is 0 Å². The highest BCUT2D eigenvalue weighted by molar-refractivity contribution is 7.80. The van der Waals surface area contributed by atoms with E-state index >= 15 is 0 Å². The lowest BCUT2D eigenvalue weighted by atomic mass is 10.00. The molecule has 29 heavy (non-hydrogen) atoms. The molecule has 0 fully saturated rings. The summed E-state index contributed by atoms with van der Waals surface area (Å²) in [5, 5.41) is 7.67. The van der Waals surface area contributed by atoms with E-state index in [4.69, 9.17) is 35.4 Å². The van der Waals surface area contributed by atoms with Crippen LogP contribution in [0.25, 0.3) is 0 Å². The molecule has 0 amide bonds. The lowest BCUT2D eigenvalue weighted by Gasteiger charge is -2.30. The minimum Gasteiger partial charge on any atom is -0.358 e. The summed E-state index contributed by atoms with van der Waals surface area (Å²) in [6.45, 7) is 2.24. The van der Waals surface area contributed by atoms with Gasteiger partial charge in [-0.3, -0.25) is 0 Å². The fourth-order valence-electron chi connectivity index (χ4n) is 3.25. The zero-order chi connectivity index (χ0) is 20.2. The lowest BCUT2D eigenvalue weighted by Crippen LogP contribution is -2.32. The summed E-state index contributed by atoms with van der Waals surface area (Å²) < 4.78 is 0. The van der Waals surface area contributed by atoms with E-state index < -0.39 is 0 Å². The molecule has 148 valence electrons. The Morgan fingerprint density at radius 1 is 1.03 bits per heavy atom. The molecular formula is C21H19Cl2N5S. The highest BCUT2D eigenvalue weighted by Crippen LogP contribution is 2.25. The number of hydrogen-bond acceptors (Lipinski definition) is 4. The molecule has 4 rings (SSSR count). The fraction of sp³-hybridized carbons (Fsp3) is 0.190. The van der Waals surface area contributed by atoms with Gasteiger partial charge in [0.05, 0.1) is 0 Å². The molecule has 0 saturated carbocycles. The van der Waals surface area contributed by atoms with Crippen LogP contribution in [0.15, 0.2) is 54.6 Å². The Hall–Kier alpha value is -2.41. The molecule has 3 aromatic rings. The van der Waals surface area contributed by atoms with Crippen molar-refractivity contribution in [3.05, 3.63) is 81.5 Å². The van der Waals surface area contributed by atoms with Crippen LogP contribution in [-0.4, -0.2) is 21.6 Å². The molecule has 0 unspecified atom stereocenters. The van der Waals surface area contributed by atoms with E-state index in [0.29, 0.717) is 27.8 Å². The molecule has 0 saturated heterocycles. The third kappa shape index (κ3) is 5.15. The number of aromatic nitrogens is 2. The van der Waals surface area contributed by atoms with Gasteiger partial charge in [-0.1, -0.05) is 59.6 Å². The molecule has 5 nitrogen and oxygen atoms in total. The van der Waals surface area contributed by atoms with Gasteiger partial charge < -0.3 is 15.5 Å². The molecule has 0 spiro atoms. The maximum absolute atomic E-state index is 6.25. The number of hydrogen-bond donors (Lipinski definition) is 2. The van der Waals surface area contributed by atoms with Crippen LogP contribution in [0, 0.1) is 0 Å². The summed E-state index contributed by atoms with van der Waals surface area (Å²) in [6.07, 6.45) is 0.974. The van der Waals surface area contributed by atoms with Crippen molar-refractivity contribution in [1.29, 1.82) is 0 Å². The van der Waals surface area contributed by atoms with Crippen molar-refractivity contribution in [1.82, 2.24) is 15.3 Å².